The van der Waals surface area contributed by atoms with Crippen LogP contribution in [0.5, 0.6) is 0 Å². The molecule has 96 valence electrons. The molecule has 0 aromatic rings. The maximum Gasteiger partial charge on any atom is 0.422 e. The minimum Gasteiger partial charge on any atom is -0.465 e. The Kier molecular flexibility index (Phi) is 3.41. The molecule has 0 aliphatic carbocycles. The molecule has 0 saturated carbocycles. The van der Waals surface area contributed by atoms with Crippen LogP contribution in [-0.2, 0) is 19.7 Å². The van der Waals surface area contributed by atoms with E-state index in [1.807, 2.05) is 5.32 Å². The molecule has 1 atom stereocenters. The Balaban J connectivity index is 2.63. The fraction of sp³-hybridized carbons (Fsp3) is 0.500. The lowest BCUT2D eigenvalue weighted by atomic mass is 10.2. The Labute approximate surface area is 95.7 Å². The van der Waals surface area contributed by atoms with Gasteiger partial charge in [-0.3, -0.25) is 4.79 Å². The Morgan fingerprint density at radius 1 is 1.53 bits per heavy atom. The van der Waals surface area contributed by atoms with Gasteiger partial charge in [-0.2, -0.15) is 8.42 Å². The minimum absolute atomic E-state index is 0.324. The van der Waals surface area contributed by atoms with E-state index in [0.29, 0.717) is 4.31 Å². The van der Waals surface area contributed by atoms with Gasteiger partial charge in [0.25, 0.3) is 5.91 Å². The minimum atomic E-state index is -4.33. The first-order valence-corrected chi connectivity index (χ1v) is 5.63. The number of nitrogens with one attached hydrogen (secondary N) is 2. The van der Waals surface area contributed by atoms with Crippen LogP contribution < -0.4 is 10.0 Å². The van der Waals surface area contributed by atoms with E-state index >= 15 is 0 Å². The third-order valence-electron chi connectivity index (χ3n) is 1.88. The zero-order valence-corrected chi connectivity index (χ0v) is 9.35. The van der Waals surface area contributed by atoms with E-state index in [2.05, 4.69) is 4.74 Å². The van der Waals surface area contributed by atoms with Crippen molar-refractivity contribution in [3.8, 4) is 0 Å². The molecule has 1 aliphatic rings. The molecule has 0 radical (unpaired) electrons. The molecule has 1 heterocycles. The van der Waals surface area contributed by atoms with Crippen molar-refractivity contribution in [3.63, 3.8) is 0 Å². The van der Waals surface area contributed by atoms with Crippen molar-refractivity contribution in [2.45, 2.75) is 6.04 Å². The van der Waals surface area contributed by atoms with Crippen LogP contribution in [0.3, 0.4) is 0 Å². The van der Waals surface area contributed by atoms with Crippen molar-refractivity contribution in [1.29, 1.82) is 0 Å². The molecule has 17 heavy (non-hydrogen) atoms. The largest absolute Gasteiger partial charge is 0.465 e. The summed E-state index contributed by atoms with van der Waals surface area (Å²) in [6, 6.07) is -1.12. The smallest absolute Gasteiger partial charge is 0.422 e. The summed E-state index contributed by atoms with van der Waals surface area (Å²) in [5.74, 6) is -0.969. The number of rotatable bonds is 3. The van der Waals surface area contributed by atoms with E-state index < -0.39 is 34.3 Å². The van der Waals surface area contributed by atoms with E-state index in [9.17, 15) is 22.8 Å². The zero-order valence-electron chi connectivity index (χ0n) is 8.54. The van der Waals surface area contributed by atoms with Crippen LogP contribution >= 0.6 is 0 Å². The number of carboxylic acid groups (broad SMARTS) is 1. The van der Waals surface area contributed by atoms with Crippen LogP contribution in [0, 0.1) is 0 Å². The highest BCUT2D eigenvalue weighted by Gasteiger charge is 2.45. The van der Waals surface area contributed by atoms with Crippen LogP contribution in [-0.4, -0.2) is 55.6 Å². The molecular weight excluding hydrogens is 258 g/mol. The zero-order chi connectivity index (χ0) is 13.2. The number of carbonyl (C=O) groups is 3. The number of ether oxygens (including phenoxy) is 1. The normalized spacial score (nSPS) is 19.2. The molecule has 1 fully saturated rings. The van der Waals surface area contributed by atoms with E-state index in [0.717, 1.165) is 7.11 Å². The first kappa shape index (κ1) is 13.0. The second-order valence-electron chi connectivity index (χ2n) is 2.97. The molecule has 1 saturated heterocycles. The molecule has 0 spiro atoms. The Morgan fingerprint density at radius 3 is 2.53 bits per heavy atom. The number of carbonyl (C=O) groups excluding carboxylic acids is 2. The Bertz CT molecular complexity index is 458. The molecule has 0 aromatic carbocycles. The van der Waals surface area contributed by atoms with Gasteiger partial charge >= 0.3 is 22.4 Å². The van der Waals surface area contributed by atoms with Crippen molar-refractivity contribution in [2.75, 3.05) is 13.7 Å². The number of β-lactam (4-membered cyclic amide) rings is 1. The highest BCUT2D eigenvalue weighted by atomic mass is 32.2. The summed E-state index contributed by atoms with van der Waals surface area (Å²) in [7, 11) is -3.37. The second-order valence-corrected chi connectivity index (χ2v) is 4.57. The summed E-state index contributed by atoms with van der Waals surface area (Å²) in [6.45, 7) is -0.378. The van der Waals surface area contributed by atoms with Gasteiger partial charge < -0.3 is 15.2 Å². The van der Waals surface area contributed by atoms with E-state index in [-0.39, 0.29) is 6.54 Å². The molecular formula is C6H9N3O7S. The lowest BCUT2D eigenvalue weighted by Crippen LogP contribution is -2.67. The molecule has 0 aromatic heterocycles. The summed E-state index contributed by atoms with van der Waals surface area (Å²) in [5.41, 5.74) is 0. The maximum atomic E-state index is 11.3. The van der Waals surface area contributed by atoms with Crippen molar-refractivity contribution < 1.29 is 32.6 Å². The number of hydrogen-bond donors (Lipinski definition) is 3. The third-order valence-corrected chi connectivity index (χ3v) is 3.21. The summed E-state index contributed by atoms with van der Waals surface area (Å²) >= 11 is 0. The molecule has 0 unspecified atom stereocenters. The number of methoxy groups -OCH3 is 1. The van der Waals surface area contributed by atoms with Crippen LogP contribution in [0.2, 0.25) is 0 Å². The van der Waals surface area contributed by atoms with Gasteiger partial charge in [-0.15, -0.1) is 0 Å². The topological polar surface area (TPSA) is 142 Å². The van der Waals surface area contributed by atoms with Gasteiger partial charge in [0, 0.05) is 0 Å². The van der Waals surface area contributed by atoms with Crippen LogP contribution in [0.25, 0.3) is 0 Å². The molecule has 11 heteroatoms. The SMILES string of the molecule is COC(=O)NS(=O)(=O)N1C[C@H](NC(=O)O)C1=O. The van der Waals surface area contributed by atoms with Gasteiger partial charge in [0.1, 0.15) is 6.04 Å². The number of nitrogens with zero attached hydrogens (tertiary/aromatic N) is 1. The van der Waals surface area contributed by atoms with Crippen LogP contribution in [0.15, 0.2) is 0 Å². The second kappa shape index (κ2) is 4.45. The standard InChI is InChI=1S/C6H9N3O7S/c1-16-6(13)8-17(14,15)9-2-3(4(9)10)7-5(11)12/h3,7H,2H2,1H3,(H,8,13)(H,11,12)/t3-/m0/s1. The van der Waals surface area contributed by atoms with Crippen molar-refractivity contribution in [2.24, 2.45) is 0 Å². The van der Waals surface area contributed by atoms with Gasteiger partial charge in [0.15, 0.2) is 0 Å². The van der Waals surface area contributed by atoms with Crippen molar-refractivity contribution in [1.82, 2.24) is 14.3 Å². The van der Waals surface area contributed by atoms with Gasteiger partial charge in [-0.25, -0.2) is 18.6 Å². The predicted molar refractivity (Wildman–Crippen MR) is 51.1 cm³/mol. The summed E-state index contributed by atoms with van der Waals surface area (Å²) < 4.78 is 28.5. The highest BCUT2D eigenvalue weighted by Crippen LogP contribution is 2.14. The van der Waals surface area contributed by atoms with E-state index in [4.69, 9.17) is 5.11 Å². The number of amides is 3. The third kappa shape index (κ3) is 2.75. The molecule has 3 N–H and O–H groups in total. The molecule has 3 amide bonds. The summed E-state index contributed by atoms with van der Waals surface area (Å²) in [5, 5.41) is 10.1. The fourth-order valence-corrected chi connectivity index (χ4v) is 2.18. The van der Waals surface area contributed by atoms with Crippen molar-refractivity contribution in [3.05, 3.63) is 0 Å². The Hall–Kier alpha value is -2.04. The molecule has 10 nitrogen and oxygen atoms in total. The van der Waals surface area contributed by atoms with E-state index in [1.54, 1.807) is 0 Å². The number of hydrogen-bond acceptors (Lipinski definition) is 6. The average Bonchev–Trinajstić information content (AvgIpc) is 2.21. The molecule has 1 aliphatic heterocycles. The molecule has 1 rings (SSSR count). The first-order chi connectivity index (χ1) is 7.77. The van der Waals surface area contributed by atoms with Crippen molar-refractivity contribution >= 4 is 28.3 Å². The summed E-state index contributed by atoms with van der Waals surface area (Å²) in [4.78, 5) is 32.1. The fourth-order valence-electron chi connectivity index (χ4n) is 1.07. The van der Waals surface area contributed by atoms with Crippen LogP contribution in [0.1, 0.15) is 0 Å². The first-order valence-electron chi connectivity index (χ1n) is 4.19. The lowest BCUT2D eigenvalue weighted by Gasteiger charge is -2.36. The van der Waals surface area contributed by atoms with E-state index in [1.165, 1.54) is 4.72 Å². The van der Waals surface area contributed by atoms with Gasteiger partial charge in [-0.05, 0) is 0 Å². The average molecular weight is 267 g/mol. The summed E-state index contributed by atoms with van der Waals surface area (Å²) in [6.07, 6.45) is -2.69. The monoisotopic (exact) mass is 267 g/mol. The van der Waals surface area contributed by atoms with Gasteiger partial charge in [0.05, 0.1) is 13.7 Å². The highest BCUT2D eigenvalue weighted by molar-refractivity contribution is 7.88. The Morgan fingerprint density at radius 2 is 2.12 bits per heavy atom. The maximum absolute atomic E-state index is 11.3. The predicted octanol–water partition coefficient (Wildman–Crippen LogP) is -1.93. The van der Waals surface area contributed by atoms with Crippen LogP contribution in [0.4, 0.5) is 9.59 Å². The molecule has 0 bridgehead atoms. The quantitative estimate of drug-likeness (QED) is 0.505. The van der Waals surface area contributed by atoms with Gasteiger partial charge in [-0.1, -0.05) is 0 Å². The lowest BCUT2D eigenvalue weighted by molar-refractivity contribution is -0.136. The van der Waals surface area contributed by atoms with Gasteiger partial charge in [0.2, 0.25) is 0 Å².